The molecule has 3 nitrogen and oxygen atoms in total. The van der Waals surface area contributed by atoms with Crippen molar-refractivity contribution in [2.24, 2.45) is 0 Å². The topological polar surface area (TPSA) is 23.0 Å². The van der Waals surface area contributed by atoms with Crippen LogP contribution in [-0.2, 0) is 0 Å². The van der Waals surface area contributed by atoms with Crippen LogP contribution < -0.4 is 0 Å². The van der Waals surface area contributed by atoms with Crippen LogP contribution in [0.3, 0.4) is 0 Å². The maximum Gasteiger partial charge on any atom is 0.135 e. The van der Waals surface area contributed by atoms with Crippen LogP contribution in [0.2, 0.25) is 0 Å². The third-order valence-electron chi connectivity index (χ3n) is 9.31. The molecule has 0 spiro atoms. The van der Waals surface area contributed by atoms with Gasteiger partial charge in [0.1, 0.15) is 11.2 Å². The Morgan fingerprint density at radius 3 is 1.31 bits per heavy atom. The zero-order valence-electron chi connectivity index (χ0n) is 24.3. The van der Waals surface area contributed by atoms with Gasteiger partial charge in [0.15, 0.2) is 0 Å². The third-order valence-corrected chi connectivity index (χ3v) is 9.31. The number of rotatable bonds is 3. The minimum absolute atomic E-state index is 0.894. The Labute approximate surface area is 258 Å². The van der Waals surface area contributed by atoms with E-state index in [2.05, 4.69) is 167 Å². The Hall–Kier alpha value is -6.06. The van der Waals surface area contributed by atoms with Gasteiger partial charge in [0.05, 0.1) is 22.1 Å². The molecule has 0 amide bonds. The maximum atomic E-state index is 6.36. The number of fused-ring (bicyclic) bond motifs is 9. The van der Waals surface area contributed by atoms with Crippen molar-refractivity contribution in [1.29, 1.82) is 0 Å². The first-order valence-corrected chi connectivity index (χ1v) is 15.4. The van der Waals surface area contributed by atoms with Crippen molar-refractivity contribution in [3.63, 3.8) is 0 Å². The van der Waals surface area contributed by atoms with Crippen molar-refractivity contribution in [2.45, 2.75) is 0 Å². The van der Waals surface area contributed by atoms with Crippen molar-refractivity contribution in [2.75, 3.05) is 0 Å². The van der Waals surface area contributed by atoms with Crippen LogP contribution in [0.1, 0.15) is 0 Å². The Morgan fingerprint density at radius 1 is 0.311 bits per heavy atom. The number of para-hydroxylation sites is 4. The highest BCUT2D eigenvalue weighted by Gasteiger charge is 2.16. The smallest absolute Gasteiger partial charge is 0.135 e. The number of furan rings is 1. The molecule has 10 aromatic rings. The Kier molecular flexibility index (Phi) is 5.00. The lowest BCUT2D eigenvalue weighted by atomic mass is 10.0. The zero-order valence-corrected chi connectivity index (χ0v) is 24.3. The first kappa shape index (κ1) is 24.4. The molecule has 3 heterocycles. The van der Waals surface area contributed by atoms with Gasteiger partial charge < -0.3 is 13.6 Å². The molecule has 7 aromatic carbocycles. The number of benzene rings is 7. The van der Waals surface area contributed by atoms with Crippen LogP contribution >= 0.6 is 0 Å². The number of aromatic nitrogens is 2. The van der Waals surface area contributed by atoms with Gasteiger partial charge in [0, 0.05) is 43.7 Å². The minimum Gasteiger partial charge on any atom is -0.456 e. The average Bonchev–Trinajstić information content (AvgIpc) is 3.75. The summed E-state index contributed by atoms with van der Waals surface area (Å²) in [5.74, 6) is 0. The Balaban J connectivity index is 1.15. The third kappa shape index (κ3) is 3.52. The fourth-order valence-corrected chi connectivity index (χ4v) is 7.31. The quantitative estimate of drug-likeness (QED) is 0.206. The summed E-state index contributed by atoms with van der Waals surface area (Å²) in [6.45, 7) is 0. The molecule has 0 saturated heterocycles. The minimum atomic E-state index is 0.894. The second-order valence-corrected chi connectivity index (χ2v) is 11.8. The van der Waals surface area contributed by atoms with E-state index in [0.717, 1.165) is 38.9 Å². The van der Waals surface area contributed by atoms with E-state index in [-0.39, 0.29) is 0 Å². The standard InChI is InChI=1S/C42H26N2O/c1-5-16-37-31(12-1)32-13-2-6-17-38(32)43(37)29-11-9-10-27(24-29)28-20-22-41-35(25-28)36-26-30(21-23-42(36)45-41)44-39-18-7-3-14-33(39)34-15-4-8-19-40(34)44/h1-26H. The molecule has 210 valence electrons. The van der Waals surface area contributed by atoms with Gasteiger partial charge in [0.2, 0.25) is 0 Å². The first-order chi connectivity index (χ1) is 22.3. The fraction of sp³-hybridized carbons (Fsp3) is 0. The van der Waals surface area contributed by atoms with Crippen molar-refractivity contribution in [3.05, 3.63) is 158 Å². The number of nitrogens with zero attached hydrogens (tertiary/aromatic N) is 2. The van der Waals surface area contributed by atoms with Crippen LogP contribution in [0.4, 0.5) is 0 Å². The summed E-state index contributed by atoms with van der Waals surface area (Å²) >= 11 is 0. The molecule has 3 aromatic heterocycles. The van der Waals surface area contributed by atoms with E-state index >= 15 is 0 Å². The van der Waals surface area contributed by atoms with E-state index in [1.165, 1.54) is 49.2 Å². The van der Waals surface area contributed by atoms with Crippen molar-refractivity contribution >= 4 is 65.6 Å². The molecular formula is C42H26N2O. The molecule has 0 bridgehead atoms. The predicted molar refractivity (Wildman–Crippen MR) is 188 cm³/mol. The molecule has 0 atom stereocenters. The Morgan fingerprint density at radius 2 is 0.756 bits per heavy atom. The fourth-order valence-electron chi connectivity index (χ4n) is 7.31. The van der Waals surface area contributed by atoms with Gasteiger partial charge in [-0.05, 0) is 77.9 Å². The average molecular weight is 575 g/mol. The molecule has 0 radical (unpaired) electrons. The maximum absolute atomic E-state index is 6.36. The summed E-state index contributed by atoms with van der Waals surface area (Å²) in [5, 5.41) is 7.29. The van der Waals surface area contributed by atoms with E-state index in [1.807, 2.05) is 0 Å². The summed E-state index contributed by atoms with van der Waals surface area (Å²) in [5.41, 5.74) is 11.2. The van der Waals surface area contributed by atoms with E-state index in [4.69, 9.17) is 4.42 Å². The summed E-state index contributed by atoms with van der Waals surface area (Å²) in [6, 6.07) is 56.6. The van der Waals surface area contributed by atoms with Gasteiger partial charge in [-0.3, -0.25) is 0 Å². The molecular weight excluding hydrogens is 548 g/mol. The number of hydrogen-bond acceptors (Lipinski definition) is 1. The second-order valence-electron chi connectivity index (χ2n) is 11.8. The molecule has 0 N–H and O–H groups in total. The lowest BCUT2D eigenvalue weighted by Crippen LogP contribution is -1.94. The van der Waals surface area contributed by atoms with Gasteiger partial charge in [-0.15, -0.1) is 0 Å². The van der Waals surface area contributed by atoms with Crippen molar-refractivity contribution in [1.82, 2.24) is 9.13 Å². The lowest BCUT2D eigenvalue weighted by molar-refractivity contribution is 0.669. The summed E-state index contributed by atoms with van der Waals surface area (Å²) in [6.07, 6.45) is 0. The van der Waals surface area contributed by atoms with E-state index in [1.54, 1.807) is 0 Å². The summed E-state index contributed by atoms with van der Waals surface area (Å²) in [4.78, 5) is 0. The molecule has 0 aliphatic carbocycles. The molecule has 0 unspecified atom stereocenters. The van der Waals surface area contributed by atoms with E-state index in [9.17, 15) is 0 Å². The second kappa shape index (κ2) is 9.22. The van der Waals surface area contributed by atoms with Crippen LogP contribution in [0, 0.1) is 0 Å². The van der Waals surface area contributed by atoms with Crippen molar-refractivity contribution < 1.29 is 4.42 Å². The van der Waals surface area contributed by atoms with Crippen LogP contribution in [-0.4, -0.2) is 9.13 Å². The molecule has 0 aliphatic heterocycles. The highest BCUT2D eigenvalue weighted by Crippen LogP contribution is 2.38. The van der Waals surface area contributed by atoms with Gasteiger partial charge in [0.25, 0.3) is 0 Å². The monoisotopic (exact) mass is 574 g/mol. The van der Waals surface area contributed by atoms with Gasteiger partial charge in [-0.1, -0.05) is 91.0 Å². The molecule has 3 heteroatoms. The highest BCUT2D eigenvalue weighted by molar-refractivity contribution is 6.11. The molecule has 0 aliphatic rings. The predicted octanol–water partition coefficient (Wildman–Crippen LogP) is 11.4. The summed E-state index contributed by atoms with van der Waals surface area (Å²) in [7, 11) is 0. The summed E-state index contributed by atoms with van der Waals surface area (Å²) < 4.78 is 11.1. The van der Waals surface area contributed by atoms with E-state index in [0.29, 0.717) is 0 Å². The SMILES string of the molecule is c1cc(-c2ccc3oc4ccc(-n5c6ccccc6c6ccccc65)cc4c3c2)cc(-n2c3ccccc3c3ccccc32)c1. The highest BCUT2D eigenvalue weighted by atomic mass is 16.3. The van der Waals surface area contributed by atoms with Crippen LogP contribution in [0.15, 0.2) is 162 Å². The van der Waals surface area contributed by atoms with Gasteiger partial charge >= 0.3 is 0 Å². The lowest BCUT2D eigenvalue weighted by Gasteiger charge is -2.10. The van der Waals surface area contributed by atoms with E-state index < -0.39 is 0 Å². The normalized spacial score (nSPS) is 12.0. The molecule has 0 saturated carbocycles. The largest absolute Gasteiger partial charge is 0.456 e. The van der Waals surface area contributed by atoms with Gasteiger partial charge in [-0.25, -0.2) is 0 Å². The van der Waals surface area contributed by atoms with Crippen LogP contribution in [0.25, 0.3) is 88.1 Å². The van der Waals surface area contributed by atoms with Crippen molar-refractivity contribution in [3.8, 4) is 22.5 Å². The Bertz CT molecular complexity index is 2670. The zero-order chi connectivity index (χ0) is 29.5. The molecule has 45 heavy (non-hydrogen) atoms. The van der Waals surface area contributed by atoms with Gasteiger partial charge in [-0.2, -0.15) is 0 Å². The van der Waals surface area contributed by atoms with Crippen LogP contribution in [0.5, 0.6) is 0 Å². The molecule has 0 fully saturated rings. The first-order valence-electron chi connectivity index (χ1n) is 15.4. The molecule has 10 rings (SSSR count). The number of hydrogen-bond donors (Lipinski definition) is 0.